The van der Waals surface area contributed by atoms with Crippen molar-refractivity contribution >= 4 is 55.4 Å². The predicted octanol–water partition coefficient (Wildman–Crippen LogP) is 4.95. The van der Waals surface area contributed by atoms with Crippen molar-refractivity contribution in [2.75, 3.05) is 14.1 Å². The lowest BCUT2D eigenvalue weighted by Gasteiger charge is -2.16. The fourth-order valence-corrected chi connectivity index (χ4v) is 5.15. The number of alkyl halides is 1. The van der Waals surface area contributed by atoms with Crippen LogP contribution < -0.4 is 0 Å². The van der Waals surface area contributed by atoms with Crippen LogP contribution in [0.1, 0.15) is 15.9 Å². The SMILES string of the molecule is Cc1ccc(-c2nc3sc4ccccc4n3c2C(Cl)C(=O)N(C)C)s1. The number of nitrogens with zero attached hydrogens (tertiary/aromatic N) is 3. The van der Waals surface area contributed by atoms with Crippen molar-refractivity contribution in [3.63, 3.8) is 0 Å². The summed E-state index contributed by atoms with van der Waals surface area (Å²) in [4.78, 5) is 22.0. The summed E-state index contributed by atoms with van der Waals surface area (Å²) in [5.74, 6) is -0.145. The van der Waals surface area contributed by atoms with Gasteiger partial charge in [-0.25, -0.2) is 4.98 Å². The molecule has 0 fully saturated rings. The molecular formula is C18H16ClN3OS2. The summed E-state index contributed by atoms with van der Waals surface area (Å²) in [6, 6.07) is 12.2. The molecule has 0 spiro atoms. The first-order valence-corrected chi connectivity index (χ1v) is 9.86. The number of likely N-dealkylation sites (N-methyl/N-ethyl adjacent to an activating group) is 1. The molecule has 1 atom stereocenters. The zero-order valence-corrected chi connectivity index (χ0v) is 16.4. The number of para-hydroxylation sites is 1. The molecule has 0 N–H and O–H groups in total. The Balaban J connectivity index is 2.04. The van der Waals surface area contributed by atoms with E-state index in [9.17, 15) is 4.79 Å². The van der Waals surface area contributed by atoms with Crippen LogP contribution in [0.5, 0.6) is 0 Å². The molecule has 4 aromatic rings. The lowest BCUT2D eigenvalue weighted by atomic mass is 10.2. The third kappa shape index (κ3) is 2.65. The largest absolute Gasteiger partial charge is 0.347 e. The molecule has 0 radical (unpaired) electrons. The number of hydrogen-bond donors (Lipinski definition) is 0. The zero-order valence-electron chi connectivity index (χ0n) is 14.0. The minimum Gasteiger partial charge on any atom is -0.347 e. The highest BCUT2D eigenvalue weighted by atomic mass is 35.5. The first kappa shape index (κ1) is 16.6. The number of halogens is 1. The summed E-state index contributed by atoms with van der Waals surface area (Å²) in [5.41, 5.74) is 2.57. The van der Waals surface area contributed by atoms with Crippen LogP contribution in [0.2, 0.25) is 0 Å². The van der Waals surface area contributed by atoms with Crippen molar-refractivity contribution in [2.24, 2.45) is 0 Å². The number of amides is 1. The Morgan fingerprint density at radius 1 is 1.20 bits per heavy atom. The minimum atomic E-state index is -0.791. The Bertz CT molecular complexity index is 1090. The molecular weight excluding hydrogens is 374 g/mol. The van der Waals surface area contributed by atoms with E-state index < -0.39 is 5.38 Å². The molecule has 3 heterocycles. The van der Waals surface area contributed by atoms with Crippen LogP contribution in [0.25, 0.3) is 25.7 Å². The van der Waals surface area contributed by atoms with Gasteiger partial charge in [-0.05, 0) is 31.2 Å². The summed E-state index contributed by atoms with van der Waals surface area (Å²) in [6.07, 6.45) is 0. The van der Waals surface area contributed by atoms with Gasteiger partial charge in [0.05, 0.1) is 20.8 Å². The molecule has 4 nitrogen and oxygen atoms in total. The summed E-state index contributed by atoms with van der Waals surface area (Å²) in [6.45, 7) is 2.06. The van der Waals surface area contributed by atoms with Gasteiger partial charge in [0.25, 0.3) is 0 Å². The van der Waals surface area contributed by atoms with Crippen molar-refractivity contribution in [1.82, 2.24) is 14.3 Å². The van der Waals surface area contributed by atoms with Gasteiger partial charge < -0.3 is 4.90 Å². The van der Waals surface area contributed by atoms with Crippen LogP contribution in [0.3, 0.4) is 0 Å². The van der Waals surface area contributed by atoms with E-state index in [-0.39, 0.29) is 5.91 Å². The quantitative estimate of drug-likeness (QED) is 0.465. The van der Waals surface area contributed by atoms with Gasteiger partial charge in [0, 0.05) is 19.0 Å². The highest BCUT2D eigenvalue weighted by Crippen LogP contribution is 2.40. The molecule has 4 rings (SSSR count). The number of fused-ring (bicyclic) bond motifs is 3. The monoisotopic (exact) mass is 389 g/mol. The third-order valence-corrected chi connectivity index (χ3v) is 6.48. The number of benzene rings is 1. The van der Waals surface area contributed by atoms with E-state index in [1.54, 1.807) is 36.8 Å². The van der Waals surface area contributed by atoms with Crippen molar-refractivity contribution in [3.8, 4) is 10.6 Å². The van der Waals surface area contributed by atoms with E-state index >= 15 is 0 Å². The van der Waals surface area contributed by atoms with Crippen molar-refractivity contribution in [3.05, 3.63) is 47.0 Å². The Morgan fingerprint density at radius 3 is 2.64 bits per heavy atom. The molecule has 25 heavy (non-hydrogen) atoms. The number of thiazole rings is 1. The second-order valence-electron chi connectivity index (χ2n) is 6.04. The second-order valence-corrected chi connectivity index (χ2v) is 8.77. The zero-order chi connectivity index (χ0) is 17.7. The fourth-order valence-electron chi connectivity index (χ4n) is 2.86. The maximum atomic E-state index is 12.6. The van der Waals surface area contributed by atoms with Gasteiger partial charge >= 0.3 is 0 Å². The topological polar surface area (TPSA) is 37.6 Å². The van der Waals surface area contributed by atoms with Crippen LogP contribution >= 0.6 is 34.3 Å². The molecule has 1 amide bonds. The fraction of sp³-hybridized carbons (Fsp3) is 0.222. The standard InChI is InChI=1S/C18H16ClN3OS2/c1-10-8-9-13(24-10)15-16(14(19)17(23)21(2)3)22-11-6-4-5-7-12(11)25-18(22)20-15/h4-9,14H,1-3H3. The van der Waals surface area contributed by atoms with Crippen molar-refractivity contribution < 1.29 is 4.79 Å². The van der Waals surface area contributed by atoms with Crippen LogP contribution in [-0.2, 0) is 4.79 Å². The van der Waals surface area contributed by atoms with Gasteiger partial charge in [0.2, 0.25) is 5.91 Å². The van der Waals surface area contributed by atoms with Gasteiger partial charge in [-0.2, -0.15) is 0 Å². The first-order valence-electron chi connectivity index (χ1n) is 7.79. The molecule has 0 saturated heterocycles. The van der Waals surface area contributed by atoms with Crippen LogP contribution in [0.4, 0.5) is 0 Å². The lowest BCUT2D eigenvalue weighted by molar-refractivity contribution is -0.128. The third-order valence-electron chi connectivity index (χ3n) is 4.06. The Kier molecular flexibility index (Phi) is 4.06. The van der Waals surface area contributed by atoms with Crippen LogP contribution in [0, 0.1) is 6.92 Å². The minimum absolute atomic E-state index is 0.145. The summed E-state index contributed by atoms with van der Waals surface area (Å²) >= 11 is 9.92. The smallest absolute Gasteiger partial charge is 0.246 e. The number of imidazole rings is 1. The summed E-state index contributed by atoms with van der Waals surface area (Å²) in [7, 11) is 3.44. The van der Waals surface area contributed by atoms with E-state index in [4.69, 9.17) is 16.6 Å². The highest BCUT2D eigenvalue weighted by Gasteiger charge is 2.30. The maximum absolute atomic E-state index is 12.6. The maximum Gasteiger partial charge on any atom is 0.246 e. The number of carbonyl (C=O) groups is 1. The molecule has 1 aromatic carbocycles. The molecule has 0 aliphatic rings. The second kappa shape index (κ2) is 6.12. The molecule has 128 valence electrons. The molecule has 7 heteroatoms. The number of carbonyl (C=O) groups excluding carboxylic acids is 1. The average Bonchev–Trinajstić information content (AvgIpc) is 3.25. The molecule has 0 saturated carbocycles. The normalized spacial score (nSPS) is 12.8. The van der Waals surface area contributed by atoms with E-state index in [0.717, 1.165) is 31.4 Å². The van der Waals surface area contributed by atoms with Gasteiger partial charge in [-0.3, -0.25) is 9.20 Å². The lowest BCUT2D eigenvalue weighted by Crippen LogP contribution is -2.26. The Morgan fingerprint density at radius 2 is 1.96 bits per heavy atom. The molecule has 0 aliphatic carbocycles. The van der Waals surface area contributed by atoms with Gasteiger partial charge in [-0.1, -0.05) is 23.5 Å². The van der Waals surface area contributed by atoms with E-state index in [0.29, 0.717) is 0 Å². The van der Waals surface area contributed by atoms with Crippen molar-refractivity contribution in [1.29, 1.82) is 0 Å². The van der Waals surface area contributed by atoms with E-state index in [1.165, 1.54) is 9.78 Å². The highest BCUT2D eigenvalue weighted by molar-refractivity contribution is 7.23. The number of rotatable bonds is 3. The number of thiophene rings is 1. The first-order chi connectivity index (χ1) is 12.0. The average molecular weight is 390 g/mol. The molecule has 0 aliphatic heterocycles. The Hall–Kier alpha value is -1.89. The van der Waals surface area contributed by atoms with Gasteiger partial charge in [0.15, 0.2) is 10.3 Å². The molecule has 3 aromatic heterocycles. The number of aryl methyl sites for hydroxylation is 1. The van der Waals surface area contributed by atoms with E-state index in [2.05, 4.69) is 19.1 Å². The van der Waals surface area contributed by atoms with Crippen LogP contribution in [0.15, 0.2) is 36.4 Å². The summed E-state index contributed by atoms with van der Waals surface area (Å²) < 4.78 is 3.16. The molecule has 0 bridgehead atoms. The predicted molar refractivity (Wildman–Crippen MR) is 106 cm³/mol. The van der Waals surface area contributed by atoms with E-state index in [1.807, 2.05) is 28.7 Å². The van der Waals surface area contributed by atoms with Crippen LogP contribution in [-0.4, -0.2) is 34.3 Å². The number of aromatic nitrogens is 2. The van der Waals surface area contributed by atoms with Crippen molar-refractivity contribution in [2.45, 2.75) is 12.3 Å². The molecule has 1 unspecified atom stereocenters. The summed E-state index contributed by atoms with van der Waals surface area (Å²) in [5, 5.41) is -0.791. The Labute approximate surface area is 158 Å². The van der Waals surface area contributed by atoms with Gasteiger partial charge in [0.1, 0.15) is 5.69 Å². The number of hydrogen-bond acceptors (Lipinski definition) is 4. The van der Waals surface area contributed by atoms with Gasteiger partial charge in [-0.15, -0.1) is 22.9 Å².